The molecule has 1 aliphatic rings. The molecule has 0 saturated carbocycles. The summed E-state index contributed by atoms with van der Waals surface area (Å²) >= 11 is 5.98. The molecule has 5 heteroatoms. The fourth-order valence-corrected chi connectivity index (χ4v) is 2.81. The van der Waals surface area contributed by atoms with Gasteiger partial charge >= 0.3 is 0 Å². The molecule has 1 heterocycles. The fourth-order valence-electron chi connectivity index (χ4n) is 2.70. The van der Waals surface area contributed by atoms with Crippen LogP contribution in [0.5, 0.6) is 5.75 Å². The molecule has 1 amide bonds. The SMILES string of the molecule is CNC1CCN(C(=O)CCCOc2ccc(Cl)c(C)c2)CC1. The Labute approximate surface area is 137 Å². The standard InChI is InChI=1S/C17H25ClN2O2/c1-13-12-15(5-6-16(13)18)22-11-3-4-17(21)20-9-7-14(19-2)8-10-20/h5-6,12,14,19H,3-4,7-11H2,1-2H3. The summed E-state index contributed by atoms with van der Waals surface area (Å²) in [5.41, 5.74) is 1.00. The summed E-state index contributed by atoms with van der Waals surface area (Å²) < 4.78 is 5.67. The molecule has 4 nitrogen and oxygen atoms in total. The number of rotatable bonds is 6. The van der Waals surface area contributed by atoms with Crippen LogP contribution in [0.1, 0.15) is 31.2 Å². The summed E-state index contributed by atoms with van der Waals surface area (Å²) in [6.45, 7) is 4.23. The molecule has 1 saturated heterocycles. The average molecular weight is 325 g/mol. The van der Waals surface area contributed by atoms with Gasteiger partial charge in [0.15, 0.2) is 0 Å². The van der Waals surface area contributed by atoms with Gasteiger partial charge in [0.1, 0.15) is 5.75 Å². The highest BCUT2D eigenvalue weighted by Crippen LogP contribution is 2.21. The molecule has 1 fully saturated rings. The molecule has 0 atom stereocenters. The summed E-state index contributed by atoms with van der Waals surface area (Å²) in [7, 11) is 1.98. The van der Waals surface area contributed by atoms with Crippen LogP contribution in [-0.4, -0.2) is 43.6 Å². The Hall–Kier alpha value is -1.26. The van der Waals surface area contributed by atoms with Crippen LogP contribution in [0, 0.1) is 6.92 Å². The summed E-state index contributed by atoms with van der Waals surface area (Å²) in [5.74, 6) is 1.05. The van der Waals surface area contributed by atoms with Crippen LogP contribution in [0.15, 0.2) is 18.2 Å². The highest BCUT2D eigenvalue weighted by Gasteiger charge is 2.21. The van der Waals surface area contributed by atoms with Crippen molar-refractivity contribution in [2.24, 2.45) is 0 Å². The average Bonchev–Trinajstić information content (AvgIpc) is 2.54. The molecule has 0 aliphatic carbocycles. The van der Waals surface area contributed by atoms with Crippen molar-refractivity contribution in [2.45, 2.75) is 38.6 Å². The van der Waals surface area contributed by atoms with Crippen molar-refractivity contribution in [1.82, 2.24) is 10.2 Å². The Bertz CT molecular complexity index is 499. The van der Waals surface area contributed by atoms with Crippen molar-refractivity contribution in [3.05, 3.63) is 28.8 Å². The molecule has 122 valence electrons. The largest absolute Gasteiger partial charge is 0.494 e. The van der Waals surface area contributed by atoms with E-state index in [4.69, 9.17) is 16.3 Å². The predicted octanol–water partition coefficient (Wildman–Crippen LogP) is 3.02. The lowest BCUT2D eigenvalue weighted by atomic mass is 10.0. The van der Waals surface area contributed by atoms with Crippen LogP contribution in [0.2, 0.25) is 5.02 Å². The second-order valence-electron chi connectivity index (χ2n) is 5.81. The maximum absolute atomic E-state index is 12.1. The second kappa shape index (κ2) is 8.39. The molecule has 0 spiro atoms. The normalized spacial score (nSPS) is 15.9. The number of nitrogens with one attached hydrogen (secondary N) is 1. The number of carbonyl (C=O) groups excluding carboxylic acids is 1. The first kappa shape index (κ1) is 17.1. The van der Waals surface area contributed by atoms with Gasteiger partial charge in [-0.25, -0.2) is 0 Å². The molecule has 22 heavy (non-hydrogen) atoms. The molecule has 2 rings (SSSR count). The van der Waals surface area contributed by atoms with Gasteiger partial charge in [-0.2, -0.15) is 0 Å². The number of hydrogen-bond acceptors (Lipinski definition) is 3. The number of amides is 1. The van der Waals surface area contributed by atoms with Crippen molar-refractivity contribution < 1.29 is 9.53 Å². The highest BCUT2D eigenvalue weighted by molar-refractivity contribution is 6.31. The van der Waals surface area contributed by atoms with E-state index in [-0.39, 0.29) is 5.91 Å². The number of benzene rings is 1. The van der Waals surface area contributed by atoms with Crippen LogP contribution in [0.25, 0.3) is 0 Å². The van der Waals surface area contributed by atoms with Gasteiger partial charge in [0.2, 0.25) is 5.91 Å². The predicted molar refractivity (Wildman–Crippen MR) is 89.6 cm³/mol. The fraction of sp³-hybridized carbons (Fsp3) is 0.588. The first-order chi connectivity index (χ1) is 10.6. The lowest BCUT2D eigenvalue weighted by molar-refractivity contribution is -0.132. The lowest BCUT2D eigenvalue weighted by Gasteiger charge is -2.31. The number of aryl methyl sites for hydroxylation is 1. The van der Waals surface area contributed by atoms with Gasteiger partial charge in [0.05, 0.1) is 6.61 Å². The van der Waals surface area contributed by atoms with Gasteiger partial charge in [-0.1, -0.05) is 11.6 Å². The third kappa shape index (κ3) is 4.89. The highest BCUT2D eigenvalue weighted by atomic mass is 35.5. The number of halogens is 1. The van der Waals surface area contributed by atoms with E-state index in [1.807, 2.05) is 37.1 Å². The Morgan fingerprint density at radius 2 is 2.14 bits per heavy atom. The molecule has 1 aliphatic heterocycles. The van der Waals surface area contributed by atoms with Gasteiger partial charge in [0.25, 0.3) is 0 Å². The van der Waals surface area contributed by atoms with Gasteiger partial charge < -0.3 is 15.0 Å². The van der Waals surface area contributed by atoms with Gasteiger partial charge in [-0.3, -0.25) is 4.79 Å². The van der Waals surface area contributed by atoms with E-state index in [9.17, 15) is 4.79 Å². The molecule has 0 radical (unpaired) electrons. The molecule has 1 N–H and O–H groups in total. The maximum Gasteiger partial charge on any atom is 0.222 e. The third-order valence-electron chi connectivity index (χ3n) is 4.19. The van der Waals surface area contributed by atoms with Crippen molar-refractivity contribution >= 4 is 17.5 Å². The van der Waals surface area contributed by atoms with Crippen LogP contribution >= 0.6 is 11.6 Å². The number of nitrogens with zero attached hydrogens (tertiary/aromatic N) is 1. The first-order valence-electron chi connectivity index (χ1n) is 7.94. The zero-order chi connectivity index (χ0) is 15.9. The lowest BCUT2D eigenvalue weighted by Crippen LogP contribution is -2.43. The van der Waals surface area contributed by atoms with Crippen LogP contribution in [0.3, 0.4) is 0 Å². The second-order valence-corrected chi connectivity index (χ2v) is 6.21. The van der Waals surface area contributed by atoms with E-state index >= 15 is 0 Å². The van der Waals surface area contributed by atoms with Crippen molar-refractivity contribution in [3.63, 3.8) is 0 Å². The number of carbonyl (C=O) groups is 1. The third-order valence-corrected chi connectivity index (χ3v) is 4.61. The van der Waals surface area contributed by atoms with E-state index < -0.39 is 0 Å². The summed E-state index contributed by atoms with van der Waals surface area (Å²) in [6.07, 6.45) is 3.38. The van der Waals surface area contributed by atoms with Crippen LogP contribution in [-0.2, 0) is 4.79 Å². The maximum atomic E-state index is 12.1. The molecule has 0 bridgehead atoms. The minimum absolute atomic E-state index is 0.241. The minimum atomic E-state index is 0.241. The molecule has 0 unspecified atom stereocenters. The Morgan fingerprint density at radius 1 is 1.41 bits per heavy atom. The van der Waals surface area contributed by atoms with E-state index in [1.165, 1.54) is 0 Å². The number of piperidine rings is 1. The summed E-state index contributed by atoms with van der Waals surface area (Å²) in [6, 6.07) is 6.18. The topological polar surface area (TPSA) is 41.6 Å². The molecular formula is C17H25ClN2O2. The molecule has 1 aromatic carbocycles. The van der Waals surface area contributed by atoms with Gasteiger partial charge in [-0.15, -0.1) is 0 Å². The van der Waals surface area contributed by atoms with Gasteiger partial charge in [0, 0.05) is 30.6 Å². The molecule has 1 aromatic rings. The Kier molecular flexibility index (Phi) is 6.52. The number of likely N-dealkylation sites (tertiary alicyclic amines) is 1. The Balaban J connectivity index is 1.66. The zero-order valence-corrected chi connectivity index (χ0v) is 14.2. The quantitative estimate of drug-likeness (QED) is 0.818. The van der Waals surface area contributed by atoms with Crippen molar-refractivity contribution in [1.29, 1.82) is 0 Å². The zero-order valence-electron chi connectivity index (χ0n) is 13.4. The van der Waals surface area contributed by atoms with E-state index in [0.717, 1.165) is 48.7 Å². The monoisotopic (exact) mass is 324 g/mol. The molecular weight excluding hydrogens is 300 g/mol. The van der Waals surface area contributed by atoms with E-state index in [1.54, 1.807) is 0 Å². The van der Waals surface area contributed by atoms with E-state index in [0.29, 0.717) is 19.1 Å². The van der Waals surface area contributed by atoms with E-state index in [2.05, 4.69) is 5.32 Å². The number of hydrogen-bond donors (Lipinski definition) is 1. The number of ether oxygens (including phenoxy) is 1. The summed E-state index contributed by atoms with van der Waals surface area (Å²) in [4.78, 5) is 14.1. The van der Waals surface area contributed by atoms with Crippen molar-refractivity contribution in [3.8, 4) is 5.75 Å². The first-order valence-corrected chi connectivity index (χ1v) is 8.32. The smallest absolute Gasteiger partial charge is 0.222 e. The molecule has 0 aromatic heterocycles. The van der Waals surface area contributed by atoms with Crippen LogP contribution in [0.4, 0.5) is 0 Å². The van der Waals surface area contributed by atoms with Gasteiger partial charge in [-0.05, 0) is 57.0 Å². The van der Waals surface area contributed by atoms with Crippen LogP contribution < -0.4 is 10.1 Å². The summed E-state index contributed by atoms with van der Waals surface area (Å²) in [5, 5.41) is 4.02. The van der Waals surface area contributed by atoms with Crippen molar-refractivity contribution in [2.75, 3.05) is 26.7 Å². The Morgan fingerprint density at radius 3 is 2.77 bits per heavy atom. The minimum Gasteiger partial charge on any atom is -0.494 e.